The molecule has 3 aliphatic rings. The number of benzene rings is 2. The topological polar surface area (TPSA) is 82.6 Å². The van der Waals surface area contributed by atoms with Gasteiger partial charge in [-0.1, -0.05) is 0 Å². The van der Waals surface area contributed by atoms with Gasteiger partial charge in [-0.3, -0.25) is 4.79 Å². The van der Waals surface area contributed by atoms with Crippen LogP contribution in [0.4, 0.5) is 5.82 Å². The van der Waals surface area contributed by atoms with E-state index in [9.17, 15) is 4.79 Å². The Morgan fingerprint density at radius 2 is 1.95 bits per heavy atom. The number of morpholine rings is 1. The molecule has 37 heavy (non-hydrogen) atoms. The van der Waals surface area contributed by atoms with Gasteiger partial charge in [0.25, 0.3) is 5.91 Å². The number of hydrogen-bond acceptors (Lipinski definition) is 8. The first-order valence-electron chi connectivity index (χ1n) is 12.8. The minimum absolute atomic E-state index is 0.0162. The smallest absolute Gasteiger partial charge is 0.254 e. The summed E-state index contributed by atoms with van der Waals surface area (Å²) in [6.07, 6.45) is 1.97. The zero-order valence-corrected chi connectivity index (χ0v) is 21.0. The Morgan fingerprint density at radius 1 is 1.08 bits per heavy atom. The van der Waals surface area contributed by atoms with Crippen molar-refractivity contribution < 1.29 is 28.5 Å². The number of carbonyl (C=O) groups is 1. The average molecular weight is 506 g/mol. The highest BCUT2D eigenvalue weighted by molar-refractivity contribution is 5.95. The first-order valence-corrected chi connectivity index (χ1v) is 12.8. The van der Waals surface area contributed by atoms with Crippen molar-refractivity contribution >= 4 is 22.6 Å². The van der Waals surface area contributed by atoms with Crippen molar-refractivity contribution in [2.24, 2.45) is 0 Å². The van der Waals surface area contributed by atoms with E-state index in [0.717, 1.165) is 60.6 Å². The van der Waals surface area contributed by atoms with Gasteiger partial charge in [0.1, 0.15) is 11.6 Å². The summed E-state index contributed by atoms with van der Waals surface area (Å²) in [5.41, 5.74) is 2.41. The number of rotatable bonds is 7. The molecule has 9 heteroatoms. The van der Waals surface area contributed by atoms with Crippen LogP contribution in [-0.2, 0) is 16.0 Å². The van der Waals surface area contributed by atoms with Gasteiger partial charge in [-0.05, 0) is 49.2 Å². The van der Waals surface area contributed by atoms with Crippen LogP contribution in [0, 0.1) is 0 Å². The second-order valence-corrected chi connectivity index (χ2v) is 9.52. The van der Waals surface area contributed by atoms with Crippen LogP contribution in [0.5, 0.6) is 17.2 Å². The fourth-order valence-corrected chi connectivity index (χ4v) is 5.14. The fourth-order valence-electron chi connectivity index (χ4n) is 5.14. The van der Waals surface area contributed by atoms with Gasteiger partial charge in [-0.2, -0.15) is 0 Å². The third kappa shape index (κ3) is 5.01. The number of methoxy groups -OCH3 is 1. The molecule has 2 fully saturated rings. The van der Waals surface area contributed by atoms with Crippen molar-refractivity contribution in [2.45, 2.75) is 25.5 Å². The molecule has 1 aromatic heterocycles. The highest BCUT2D eigenvalue weighted by atomic mass is 16.7. The van der Waals surface area contributed by atoms with Crippen molar-refractivity contribution in [3.63, 3.8) is 0 Å². The van der Waals surface area contributed by atoms with Crippen molar-refractivity contribution in [1.82, 2.24) is 9.88 Å². The maximum absolute atomic E-state index is 13.9. The fraction of sp³-hybridized carbons (Fsp3) is 0.429. The maximum Gasteiger partial charge on any atom is 0.254 e. The highest BCUT2D eigenvalue weighted by Gasteiger charge is 2.27. The van der Waals surface area contributed by atoms with Gasteiger partial charge in [-0.15, -0.1) is 0 Å². The summed E-state index contributed by atoms with van der Waals surface area (Å²) < 4.78 is 27.9. The summed E-state index contributed by atoms with van der Waals surface area (Å²) in [6, 6.07) is 13.4. The van der Waals surface area contributed by atoms with Gasteiger partial charge in [-0.25, -0.2) is 4.98 Å². The van der Waals surface area contributed by atoms with Gasteiger partial charge in [0.05, 0.1) is 31.9 Å². The molecule has 6 rings (SSSR count). The number of anilines is 1. The molecule has 2 aromatic carbocycles. The van der Waals surface area contributed by atoms with Crippen LogP contribution < -0.4 is 19.1 Å². The number of carbonyl (C=O) groups excluding carboxylic acids is 1. The summed E-state index contributed by atoms with van der Waals surface area (Å²) in [5.74, 6) is 2.82. The molecule has 3 aliphatic heterocycles. The van der Waals surface area contributed by atoms with Crippen LogP contribution in [0.25, 0.3) is 10.9 Å². The molecular weight excluding hydrogens is 474 g/mol. The van der Waals surface area contributed by atoms with Crippen LogP contribution in [0.1, 0.15) is 28.8 Å². The van der Waals surface area contributed by atoms with Crippen molar-refractivity contribution in [3.8, 4) is 17.2 Å². The molecule has 0 spiro atoms. The molecule has 0 aliphatic carbocycles. The molecule has 0 saturated carbocycles. The Balaban J connectivity index is 1.37. The lowest BCUT2D eigenvalue weighted by atomic mass is 10.1. The third-order valence-electron chi connectivity index (χ3n) is 7.11. The van der Waals surface area contributed by atoms with Gasteiger partial charge < -0.3 is 33.5 Å². The van der Waals surface area contributed by atoms with Crippen molar-refractivity contribution in [3.05, 3.63) is 53.6 Å². The lowest BCUT2D eigenvalue weighted by Gasteiger charge is -2.32. The number of hydrogen-bond donors (Lipinski definition) is 0. The Morgan fingerprint density at radius 3 is 2.76 bits per heavy atom. The van der Waals surface area contributed by atoms with E-state index >= 15 is 0 Å². The van der Waals surface area contributed by atoms with Crippen molar-refractivity contribution in [2.75, 3.05) is 58.3 Å². The predicted octanol–water partition coefficient (Wildman–Crippen LogP) is 3.63. The first-order chi connectivity index (χ1) is 18.2. The Kier molecular flexibility index (Phi) is 6.72. The normalized spacial score (nSPS) is 18.8. The van der Waals surface area contributed by atoms with E-state index in [2.05, 4.69) is 11.0 Å². The van der Waals surface area contributed by atoms with E-state index < -0.39 is 0 Å². The molecular formula is C28H31N3O6. The van der Waals surface area contributed by atoms with Crippen LogP contribution in [0.3, 0.4) is 0 Å². The van der Waals surface area contributed by atoms with E-state index in [0.29, 0.717) is 43.4 Å². The Labute approximate surface area is 215 Å². The molecule has 0 bridgehead atoms. The van der Waals surface area contributed by atoms with Crippen LogP contribution in [-0.4, -0.2) is 75.3 Å². The number of ether oxygens (including phenoxy) is 5. The molecule has 0 radical (unpaired) electrons. The van der Waals surface area contributed by atoms with Crippen LogP contribution in [0.2, 0.25) is 0 Å². The monoisotopic (exact) mass is 505 g/mol. The molecule has 194 valence electrons. The third-order valence-corrected chi connectivity index (χ3v) is 7.11. The number of fused-ring (bicyclic) bond motifs is 2. The lowest BCUT2D eigenvalue weighted by Crippen LogP contribution is -2.40. The maximum atomic E-state index is 13.9. The highest BCUT2D eigenvalue weighted by Crippen LogP contribution is 2.34. The number of aromatic nitrogens is 1. The molecule has 0 N–H and O–H groups in total. The minimum atomic E-state index is -0.0726. The van der Waals surface area contributed by atoms with E-state index in [1.54, 1.807) is 25.3 Å². The summed E-state index contributed by atoms with van der Waals surface area (Å²) in [4.78, 5) is 23.1. The first kappa shape index (κ1) is 23.8. The summed E-state index contributed by atoms with van der Waals surface area (Å²) >= 11 is 0. The molecule has 0 unspecified atom stereocenters. The SMILES string of the molecule is COc1ccc2cc(CN(C[C@H]3CCCO3)C(=O)c3ccc4c(c3)OCO4)c(N3CCOCC3)nc2c1. The quantitative estimate of drug-likeness (QED) is 0.482. The molecule has 9 nitrogen and oxygen atoms in total. The van der Waals surface area contributed by atoms with Gasteiger partial charge in [0.15, 0.2) is 11.5 Å². The average Bonchev–Trinajstić information content (AvgIpc) is 3.64. The summed E-state index contributed by atoms with van der Waals surface area (Å²) in [6.45, 7) is 4.61. The summed E-state index contributed by atoms with van der Waals surface area (Å²) in [7, 11) is 1.66. The van der Waals surface area contributed by atoms with E-state index in [1.807, 2.05) is 23.1 Å². The second kappa shape index (κ2) is 10.4. The zero-order valence-electron chi connectivity index (χ0n) is 21.0. The van der Waals surface area contributed by atoms with Gasteiger partial charge in [0, 0.05) is 55.4 Å². The summed E-state index contributed by atoms with van der Waals surface area (Å²) in [5, 5.41) is 1.00. The molecule has 1 atom stereocenters. The standard InChI is InChI=1S/C28H31N3O6/c1-33-22-6-4-19-13-21(27(29-24(19)15-22)30-8-11-34-12-9-30)16-31(17-23-3-2-10-35-23)28(32)20-5-7-25-26(14-20)37-18-36-25/h4-7,13-15,23H,2-3,8-12,16-18H2,1H3/t23-/m1/s1. The van der Waals surface area contributed by atoms with Crippen LogP contribution >= 0.6 is 0 Å². The molecule has 3 aromatic rings. The zero-order chi connectivity index (χ0) is 25.2. The molecule has 2 saturated heterocycles. The molecule has 4 heterocycles. The van der Waals surface area contributed by atoms with E-state index in [1.165, 1.54) is 0 Å². The van der Waals surface area contributed by atoms with Crippen molar-refractivity contribution in [1.29, 1.82) is 0 Å². The van der Waals surface area contributed by atoms with E-state index in [4.69, 9.17) is 28.7 Å². The van der Waals surface area contributed by atoms with Gasteiger partial charge >= 0.3 is 0 Å². The number of amides is 1. The van der Waals surface area contributed by atoms with Crippen LogP contribution in [0.15, 0.2) is 42.5 Å². The Hall–Kier alpha value is -3.56. The second-order valence-electron chi connectivity index (χ2n) is 9.52. The predicted molar refractivity (Wildman–Crippen MR) is 138 cm³/mol. The largest absolute Gasteiger partial charge is 0.497 e. The van der Waals surface area contributed by atoms with E-state index in [-0.39, 0.29) is 18.8 Å². The Bertz CT molecular complexity index is 1290. The number of nitrogens with zero attached hydrogens (tertiary/aromatic N) is 3. The lowest BCUT2D eigenvalue weighted by molar-refractivity contribution is 0.0507. The molecule has 1 amide bonds. The minimum Gasteiger partial charge on any atom is -0.497 e. The van der Waals surface area contributed by atoms with Gasteiger partial charge in [0.2, 0.25) is 6.79 Å². The number of pyridine rings is 1.